The Morgan fingerprint density at radius 2 is 1.68 bits per heavy atom. The van der Waals surface area contributed by atoms with Crippen molar-refractivity contribution in [3.63, 3.8) is 0 Å². The number of esters is 1. The minimum Gasteiger partial charge on any atom is -0.464 e. The molecule has 118 valence electrons. The van der Waals surface area contributed by atoms with Gasteiger partial charge in [0.15, 0.2) is 0 Å². The molecular weight excluding hydrogens is 298 g/mol. The molecule has 10 heteroatoms. The number of carbonyl (C=O) groups excluding carboxylic acids is 2. The van der Waals surface area contributed by atoms with Crippen molar-refractivity contribution < 1.29 is 24.2 Å². The van der Waals surface area contributed by atoms with Crippen molar-refractivity contribution in [1.29, 1.82) is 0 Å². The number of hydrogen-bond donors (Lipinski definition) is 1. The van der Waals surface area contributed by atoms with E-state index in [2.05, 4.69) is 5.32 Å². The number of nitrogens with zero attached hydrogens (tertiary/aromatic N) is 2. The highest BCUT2D eigenvalue weighted by atomic mass is 16.6. The first-order valence-corrected chi connectivity index (χ1v) is 6.17. The highest BCUT2D eigenvalue weighted by Crippen LogP contribution is 2.22. The molecule has 0 aliphatic rings. The van der Waals surface area contributed by atoms with Gasteiger partial charge in [0.25, 0.3) is 17.3 Å². The monoisotopic (exact) mass is 311 g/mol. The van der Waals surface area contributed by atoms with Crippen LogP contribution in [0.25, 0.3) is 0 Å². The van der Waals surface area contributed by atoms with Gasteiger partial charge in [0.05, 0.1) is 28.1 Å². The molecule has 1 aromatic rings. The van der Waals surface area contributed by atoms with Gasteiger partial charge >= 0.3 is 5.97 Å². The van der Waals surface area contributed by atoms with Gasteiger partial charge in [0.1, 0.15) is 6.04 Å². The molecule has 0 bridgehead atoms. The number of nitrogens with one attached hydrogen (secondary N) is 1. The van der Waals surface area contributed by atoms with Crippen LogP contribution in [0.3, 0.4) is 0 Å². The summed E-state index contributed by atoms with van der Waals surface area (Å²) in [4.78, 5) is 43.1. The highest BCUT2D eigenvalue weighted by molar-refractivity contribution is 5.97. The number of rotatable bonds is 6. The molecule has 0 radical (unpaired) electrons. The van der Waals surface area contributed by atoms with Gasteiger partial charge in [-0.05, 0) is 13.8 Å². The van der Waals surface area contributed by atoms with E-state index < -0.39 is 39.1 Å². The molecule has 1 amide bonds. The summed E-state index contributed by atoms with van der Waals surface area (Å²) in [5, 5.41) is 23.7. The number of hydrogen-bond acceptors (Lipinski definition) is 7. The van der Waals surface area contributed by atoms with Gasteiger partial charge in [-0.3, -0.25) is 25.0 Å². The van der Waals surface area contributed by atoms with Crippen molar-refractivity contribution in [2.24, 2.45) is 0 Å². The fourth-order valence-electron chi connectivity index (χ4n) is 1.54. The first-order chi connectivity index (χ1) is 10.3. The van der Waals surface area contributed by atoms with Gasteiger partial charge in [-0.1, -0.05) is 0 Å². The maximum atomic E-state index is 11.9. The number of amides is 1. The summed E-state index contributed by atoms with van der Waals surface area (Å²) in [6.45, 7) is 3.08. The van der Waals surface area contributed by atoms with Crippen LogP contribution >= 0.6 is 0 Å². The normalized spacial score (nSPS) is 11.4. The highest BCUT2D eigenvalue weighted by Gasteiger charge is 2.22. The summed E-state index contributed by atoms with van der Waals surface area (Å²) in [6, 6.07) is 1.53. The summed E-state index contributed by atoms with van der Waals surface area (Å²) < 4.78 is 4.69. The van der Waals surface area contributed by atoms with E-state index in [-0.39, 0.29) is 12.2 Å². The van der Waals surface area contributed by atoms with Gasteiger partial charge in [-0.15, -0.1) is 0 Å². The molecule has 10 nitrogen and oxygen atoms in total. The first-order valence-electron chi connectivity index (χ1n) is 6.17. The Kier molecular flexibility index (Phi) is 5.50. The number of carbonyl (C=O) groups is 2. The molecule has 0 spiro atoms. The van der Waals surface area contributed by atoms with Crippen LogP contribution in [-0.2, 0) is 9.53 Å². The molecular formula is C12H13N3O7. The second kappa shape index (κ2) is 7.11. The van der Waals surface area contributed by atoms with Crippen LogP contribution in [0.4, 0.5) is 11.4 Å². The maximum Gasteiger partial charge on any atom is 0.328 e. The minimum atomic E-state index is -0.995. The Morgan fingerprint density at radius 1 is 1.18 bits per heavy atom. The quantitative estimate of drug-likeness (QED) is 0.472. The Morgan fingerprint density at radius 3 is 2.09 bits per heavy atom. The zero-order chi connectivity index (χ0) is 16.9. The molecule has 1 rings (SSSR count). The molecule has 0 heterocycles. The number of benzene rings is 1. The molecule has 0 saturated carbocycles. The maximum absolute atomic E-state index is 11.9. The fraction of sp³-hybridized carbons (Fsp3) is 0.333. The smallest absolute Gasteiger partial charge is 0.328 e. The minimum absolute atomic E-state index is 0.126. The second-order valence-corrected chi connectivity index (χ2v) is 4.20. The van der Waals surface area contributed by atoms with E-state index in [1.165, 1.54) is 6.92 Å². The fourth-order valence-corrected chi connectivity index (χ4v) is 1.54. The first kappa shape index (κ1) is 17.0. The van der Waals surface area contributed by atoms with E-state index in [4.69, 9.17) is 4.74 Å². The molecule has 1 atom stereocenters. The summed E-state index contributed by atoms with van der Waals surface area (Å²) in [7, 11) is 0. The molecule has 22 heavy (non-hydrogen) atoms. The van der Waals surface area contributed by atoms with Crippen molar-refractivity contribution >= 4 is 23.3 Å². The van der Waals surface area contributed by atoms with Crippen molar-refractivity contribution in [2.45, 2.75) is 19.9 Å². The lowest BCUT2D eigenvalue weighted by atomic mass is 10.1. The zero-order valence-electron chi connectivity index (χ0n) is 11.8. The van der Waals surface area contributed by atoms with Crippen LogP contribution in [-0.4, -0.2) is 34.4 Å². The van der Waals surface area contributed by atoms with E-state index >= 15 is 0 Å². The third-order valence-corrected chi connectivity index (χ3v) is 2.57. The largest absolute Gasteiger partial charge is 0.464 e. The summed E-state index contributed by atoms with van der Waals surface area (Å²) in [6.07, 6.45) is 0. The number of nitro groups is 2. The van der Waals surface area contributed by atoms with E-state index in [0.29, 0.717) is 0 Å². The second-order valence-electron chi connectivity index (χ2n) is 4.20. The average Bonchev–Trinajstić information content (AvgIpc) is 2.46. The Balaban J connectivity index is 3.04. The van der Waals surface area contributed by atoms with Crippen LogP contribution < -0.4 is 5.32 Å². The van der Waals surface area contributed by atoms with Gasteiger partial charge in [0.2, 0.25) is 0 Å². The van der Waals surface area contributed by atoms with E-state index in [1.807, 2.05) is 0 Å². The summed E-state index contributed by atoms with van der Waals surface area (Å²) in [5.74, 6) is -1.54. The van der Waals surface area contributed by atoms with E-state index in [1.54, 1.807) is 6.92 Å². The molecule has 0 aliphatic heterocycles. The standard InChI is InChI=1S/C12H13N3O7/c1-3-22-12(17)7(2)13-11(16)8-4-9(14(18)19)6-10(5-8)15(20)21/h4-7H,3H2,1-2H3,(H,13,16). The average molecular weight is 311 g/mol. The SMILES string of the molecule is CCOC(=O)C(C)NC(=O)c1cc([N+](=O)[O-])cc([N+](=O)[O-])c1. The lowest BCUT2D eigenvalue weighted by Gasteiger charge is -2.12. The van der Waals surface area contributed by atoms with Gasteiger partial charge in [0, 0.05) is 12.1 Å². The van der Waals surface area contributed by atoms with Gasteiger partial charge in [-0.2, -0.15) is 0 Å². The molecule has 0 saturated heterocycles. The van der Waals surface area contributed by atoms with E-state index in [9.17, 15) is 29.8 Å². The van der Waals surface area contributed by atoms with Crippen molar-refractivity contribution in [2.75, 3.05) is 6.61 Å². The van der Waals surface area contributed by atoms with Crippen LogP contribution in [0.2, 0.25) is 0 Å². The third kappa shape index (κ3) is 4.23. The molecule has 0 aliphatic carbocycles. The molecule has 1 N–H and O–H groups in total. The van der Waals surface area contributed by atoms with Crippen molar-refractivity contribution in [1.82, 2.24) is 5.32 Å². The summed E-state index contributed by atoms with van der Waals surface area (Å²) in [5.41, 5.74) is -1.48. The predicted octanol–water partition coefficient (Wildman–Crippen LogP) is 1.18. The molecule has 1 aromatic carbocycles. The van der Waals surface area contributed by atoms with Gasteiger partial charge < -0.3 is 10.1 Å². The van der Waals surface area contributed by atoms with Crippen LogP contribution in [0.5, 0.6) is 0 Å². The van der Waals surface area contributed by atoms with Crippen molar-refractivity contribution in [3.05, 3.63) is 44.0 Å². The Bertz CT molecular complexity index is 597. The number of nitro benzene ring substituents is 2. The molecule has 1 unspecified atom stereocenters. The summed E-state index contributed by atoms with van der Waals surface area (Å²) >= 11 is 0. The third-order valence-electron chi connectivity index (χ3n) is 2.57. The lowest BCUT2D eigenvalue weighted by Crippen LogP contribution is -2.39. The van der Waals surface area contributed by atoms with Crippen LogP contribution in [0, 0.1) is 20.2 Å². The Hall–Kier alpha value is -3.04. The van der Waals surface area contributed by atoms with Crippen molar-refractivity contribution in [3.8, 4) is 0 Å². The lowest BCUT2D eigenvalue weighted by molar-refractivity contribution is -0.394. The number of ether oxygens (including phenoxy) is 1. The Labute approximate surface area is 124 Å². The van der Waals surface area contributed by atoms with Crippen LogP contribution in [0.1, 0.15) is 24.2 Å². The zero-order valence-corrected chi connectivity index (χ0v) is 11.8. The predicted molar refractivity (Wildman–Crippen MR) is 73.3 cm³/mol. The topological polar surface area (TPSA) is 142 Å². The van der Waals surface area contributed by atoms with E-state index in [0.717, 1.165) is 18.2 Å². The number of non-ortho nitro benzene ring substituents is 2. The molecule has 0 fully saturated rings. The van der Waals surface area contributed by atoms with Gasteiger partial charge in [-0.25, -0.2) is 4.79 Å². The molecule has 0 aromatic heterocycles. The van der Waals surface area contributed by atoms with Crippen LogP contribution in [0.15, 0.2) is 18.2 Å².